The molecule has 0 aliphatic heterocycles. The molecule has 44 heavy (non-hydrogen) atoms. The highest BCUT2D eigenvalue weighted by atomic mass is 16.4. The zero-order valence-electron chi connectivity index (χ0n) is 26.6. The van der Waals surface area contributed by atoms with Crippen LogP contribution in [0.15, 0.2) is 81.6 Å². The summed E-state index contributed by atoms with van der Waals surface area (Å²) in [6.45, 7) is 4.56. The third kappa shape index (κ3) is 5.49. The molecule has 0 radical (unpaired) electrons. The molecule has 0 spiro atoms. The zero-order valence-corrected chi connectivity index (χ0v) is 26.6. The topological polar surface area (TPSA) is 26.3 Å². The molecule has 5 aromatic carbocycles. The van der Waals surface area contributed by atoms with Crippen molar-refractivity contribution in [2.75, 3.05) is 0 Å². The maximum Gasteiger partial charge on any atom is 0.178 e. The molecule has 2 nitrogen and oxygen atoms in total. The SMILES string of the molecule is CCCCCCCCc1ccc2c(ccc3c4ccc5c(oc6cc(CCCCCCCC)c7ccccc7c65)c4oc23)c1. The summed E-state index contributed by atoms with van der Waals surface area (Å²) in [5.41, 5.74) is 6.47. The minimum Gasteiger partial charge on any atom is -0.452 e. The molecule has 0 N–H and O–H groups in total. The summed E-state index contributed by atoms with van der Waals surface area (Å²) in [5, 5.41) is 9.70. The maximum atomic E-state index is 6.74. The Kier molecular flexibility index (Phi) is 8.60. The molecular weight excluding hydrogens is 536 g/mol. The van der Waals surface area contributed by atoms with Crippen LogP contribution in [0, 0.1) is 0 Å². The van der Waals surface area contributed by atoms with Crippen LogP contribution >= 0.6 is 0 Å². The molecule has 0 unspecified atom stereocenters. The van der Waals surface area contributed by atoms with E-state index in [0.29, 0.717) is 0 Å². The molecule has 2 heteroatoms. The van der Waals surface area contributed by atoms with Crippen LogP contribution in [0.5, 0.6) is 0 Å². The number of hydrogen-bond acceptors (Lipinski definition) is 2. The Hall–Kier alpha value is -3.78. The lowest BCUT2D eigenvalue weighted by Crippen LogP contribution is -1.89. The van der Waals surface area contributed by atoms with E-state index < -0.39 is 0 Å². The number of rotatable bonds is 14. The van der Waals surface area contributed by atoms with Crippen molar-refractivity contribution in [3.8, 4) is 0 Å². The fraction of sp³-hybridized carbons (Fsp3) is 0.381. The van der Waals surface area contributed by atoms with Crippen molar-refractivity contribution in [2.45, 2.75) is 104 Å². The van der Waals surface area contributed by atoms with E-state index in [1.807, 2.05) is 0 Å². The first-order valence-electron chi connectivity index (χ1n) is 17.4. The molecule has 0 amide bonds. The number of aryl methyl sites for hydroxylation is 2. The fourth-order valence-corrected chi connectivity index (χ4v) is 7.41. The van der Waals surface area contributed by atoms with Gasteiger partial charge in [0.1, 0.15) is 11.2 Å². The summed E-state index contributed by atoms with van der Waals surface area (Å²) in [7, 11) is 0. The summed E-state index contributed by atoms with van der Waals surface area (Å²) >= 11 is 0. The largest absolute Gasteiger partial charge is 0.452 e. The lowest BCUT2D eigenvalue weighted by molar-refractivity contribution is 0.607. The Labute approximate surface area is 261 Å². The van der Waals surface area contributed by atoms with Crippen molar-refractivity contribution < 1.29 is 8.83 Å². The fourth-order valence-electron chi connectivity index (χ4n) is 7.41. The average molecular weight is 583 g/mol. The molecule has 7 rings (SSSR count). The number of benzene rings is 5. The lowest BCUT2D eigenvalue weighted by Gasteiger charge is -2.08. The van der Waals surface area contributed by atoms with E-state index in [-0.39, 0.29) is 0 Å². The van der Waals surface area contributed by atoms with Crippen LogP contribution in [0.2, 0.25) is 0 Å². The van der Waals surface area contributed by atoms with Crippen molar-refractivity contribution in [3.05, 3.63) is 83.9 Å². The van der Waals surface area contributed by atoms with Gasteiger partial charge in [0.15, 0.2) is 11.2 Å². The first-order valence-corrected chi connectivity index (χ1v) is 17.4. The van der Waals surface area contributed by atoms with E-state index in [4.69, 9.17) is 8.83 Å². The minimum absolute atomic E-state index is 0.860. The standard InChI is InChI=1S/C42H46O2/c1-3-5-7-9-11-13-17-29-21-23-33-31(27-29)22-24-35-36-25-26-37-39-34-20-16-15-19-32(34)30(18-14-12-10-8-6-4-2)28-38(39)43-42(37)41(36)44-40(33)35/h15-16,19-28H,3-14,17-18H2,1-2H3. The predicted octanol–water partition coefficient (Wildman–Crippen LogP) is 13.6. The average Bonchev–Trinajstić information content (AvgIpc) is 3.63. The van der Waals surface area contributed by atoms with Crippen molar-refractivity contribution in [1.29, 1.82) is 0 Å². The summed E-state index contributed by atoms with van der Waals surface area (Å²) in [4.78, 5) is 0. The summed E-state index contributed by atoms with van der Waals surface area (Å²) < 4.78 is 13.5. The number of furan rings is 2. The number of fused-ring (bicyclic) bond motifs is 11. The molecule has 0 aliphatic carbocycles. The summed E-state index contributed by atoms with van der Waals surface area (Å²) in [5.74, 6) is 0. The first kappa shape index (κ1) is 29.0. The van der Waals surface area contributed by atoms with E-state index in [2.05, 4.69) is 86.6 Å². The first-order chi connectivity index (χ1) is 21.8. The zero-order chi connectivity index (χ0) is 29.9. The van der Waals surface area contributed by atoms with Crippen molar-refractivity contribution >= 4 is 65.4 Å². The van der Waals surface area contributed by atoms with Crippen molar-refractivity contribution in [1.82, 2.24) is 0 Å². The molecule has 0 atom stereocenters. The molecule has 2 aromatic heterocycles. The Morgan fingerprint density at radius 3 is 1.86 bits per heavy atom. The second-order valence-corrected chi connectivity index (χ2v) is 13.0. The predicted molar refractivity (Wildman–Crippen MR) is 190 cm³/mol. The van der Waals surface area contributed by atoms with Crippen LogP contribution in [0.1, 0.15) is 102 Å². The third-order valence-electron chi connectivity index (χ3n) is 9.84. The van der Waals surface area contributed by atoms with Gasteiger partial charge in [0.2, 0.25) is 0 Å². The molecule has 0 aliphatic rings. The molecule has 0 fully saturated rings. The van der Waals surface area contributed by atoms with Crippen LogP contribution in [-0.4, -0.2) is 0 Å². The van der Waals surface area contributed by atoms with E-state index in [1.165, 1.54) is 115 Å². The van der Waals surface area contributed by atoms with Gasteiger partial charge in [-0.15, -0.1) is 0 Å². The molecule has 0 bridgehead atoms. The van der Waals surface area contributed by atoms with Crippen molar-refractivity contribution in [2.24, 2.45) is 0 Å². The van der Waals surface area contributed by atoms with E-state index >= 15 is 0 Å². The Balaban J connectivity index is 1.25. The molecule has 2 heterocycles. The van der Waals surface area contributed by atoms with Gasteiger partial charge in [0.05, 0.1) is 0 Å². The van der Waals surface area contributed by atoms with Gasteiger partial charge >= 0.3 is 0 Å². The van der Waals surface area contributed by atoms with Gasteiger partial charge in [0.25, 0.3) is 0 Å². The van der Waals surface area contributed by atoms with E-state index in [9.17, 15) is 0 Å². The van der Waals surface area contributed by atoms with E-state index in [0.717, 1.165) is 51.3 Å². The monoisotopic (exact) mass is 582 g/mol. The molecule has 0 saturated heterocycles. The smallest absolute Gasteiger partial charge is 0.178 e. The normalized spacial score (nSPS) is 12.2. The van der Waals surface area contributed by atoms with E-state index in [1.54, 1.807) is 0 Å². The number of hydrogen-bond donors (Lipinski definition) is 0. The van der Waals surface area contributed by atoms with Gasteiger partial charge in [-0.25, -0.2) is 0 Å². The van der Waals surface area contributed by atoms with Crippen molar-refractivity contribution in [3.63, 3.8) is 0 Å². The minimum atomic E-state index is 0.860. The Morgan fingerprint density at radius 1 is 0.455 bits per heavy atom. The van der Waals surface area contributed by atoms with Gasteiger partial charge in [-0.2, -0.15) is 0 Å². The number of unbranched alkanes of at least 4 members (excludes halogenated alkanes) is 10. The Bertz CT molecular complexity index is 2050. The second kappa shape index (κ2) is 13.1. The van der Waals surface area contributed by atoms with Gasteiger partial charge in [-0.05, 0) is 77.2 Å². The molecule has 0 saturated carbocycles. The Morgan fingerprint density at radius 2 is 1.07 bits per heavy atom. The highest BCUT2D eigenvalue weighted by Gasteiger charge is 2.19. The van der Waals surface area contributed by atoms with Crippen LogP contribution in [0.25, 0.3) is 65.4 Å². The molecule has 226 valence electrons. The summed E-state index contributed by atoms with van der Waals surface area (Å²) in [6.07, 6.45) is 18.1. The van der Waals surface area contributed by atoms with Gasteiger partial charge in [-0.3, -0.25) is 0 Å². The second-order valence-electron chi connectivity index (χ2n) is 13.0. The third-order valence-corrected chi connectivity index (χ3v) is 9.84. The van der Waals surface area contributed by atoms with Gasteiger partial charge < -0.3 is 8.83 Å². The highest BCUT2D eigenvalue weighted by molar-refractivity contribution is 6.26. The van der Waals surface area contributed by atoms with Crippen LogP contribution < -0.4 is 0 Å². The quantitative estimate of drug-likeness (QED) is 0.119. The lowest BCUT2D eigenvalue weighted by atomic mass is 9.95. The van der Waals surface area contributed by atoms with Crippen LogP contribution in [0.4, 0.5) is 0 Å². The van der Waals surface area contributed by atoms with Crippen LogP contribution in [0.3, 0.4) is 0 Å². The van der Waals surface area contributed by atoms with Gasteiger partial charge in [0, 0.05) is 26.9 Å². The molecule has 7 aromatic rings. The summed E-state index contributed by atoms with van der Waals surface area (Å²) in [6, 6.07) is 27.1. The maximum absolute atomic E-state index is 6.74. The highest BCUT2D eigenvalue weighted by Crippen LogP contribution is 2.43. The van der Waals surface area contributed by atoms with Crippen LogP contribution in [-0.2, 0) is 12.8 Å². The molecular formula is C42H46O2. The van der Waals surface area contributed by atoms with Gasteiger partial charge in [-0.1, -0.05) is 127 Å².